The molecular formula is C10H9FN2O2. The molecule has 0 aliphatic rings. The van der Waals surface area contributed by atoms with E-state index in [0.29, 0.717) is 5.69 Å². The van der Waals surface area contributed by atoms with Crippen LogP contribution in [-0.2, 0) is 16.0 Å². The van der Waals surface area contributed by atoms with Crippen molar-refractivity contribution in [3.63, 3.8) is 0 Å². The number of halogens is 1. The van der Waals surface area contributed by atoms with E-state index in [0.717, 1.165) is 6.20 Å². The third kappa shape index (κ3) is 3.02. The van der Waals surface area contributed by atoms with Gasteiger partial charge in [0.2, 0.25) is 0 Å². The van der Waals surface area contributed by atoms with Crippen LogP contribution in [0.4, 0.5) is 4.39 Å². The van der Waals surface area contributed by atoms with Crippen molar-refractivity contribution in [1.82, 2.24) is 4.98 Å². The maximum atomic E-state index is 12.9. The van der Waals surface area contributed by atoms with E-state index in [1.807, 2.05) is 0 Å². The number of pyridine rings is 1. The zero-order valence-corrected chi connectivity index (χ0v) is 8.16. The first-order chi connectivity index (χ1) is 7.17. The first-order valence-corrected chi connectivity index (χ1v) is 4.37. The van der Waals surface area contributed by atoms with Crippen LogP contribution >= 0.6 is 0 Å². The number of hydrogen-bond acceptors (Lipinski definition) is 4. The van der Waals surface area contributed by atoms with E-state index in [1.54, 1.807) is 13.0 Å². The predicted molar refractivity (Wildman–Crippen MR) is 49.2 cm³/mol. The van der Waals surface area contributed by atoms with Crippen LogP contribution in [0.2, 0.25) is 0 Å². The number of nitriles is 1. The fraction of sp³-hybridized carbons (Fsp3) is 0.300. The minimum atomic E-state index is -0.690. The normalized spacial score (nSPS) is 9.40. The molecule has 1 aromatic rings. The highest BCUT2D eigenvalue weighted by atomic mass is 19.1. The molecule has 0 amide bonds. The Hall–Kier alpha value is -1.96. The molecular weight excluding hydrogens is 199 g/mol. The van der Waals surface area contributed by atoms with E-state index in [9.17, 15) is 9.18 Å². The summed E-state index contributed by atoms with van der Waals surface area (Å²) in [4.78, 5) is 14.7. The van der Waals surface area contributed by atoms with Gasteiger partial charge in [-0.3, -0.25) is 9.78 Å². The molecule has 0 saturated heterocycles. The summed E-state index contributed by atoms with van der Waals surface area (Å²) in [6, 6.07) is 2.92. The molecule has 0 radical (unpaired) electrons. The Bertz CT molecular complexity index is 412. The monoisotopic (exact) mass is 208 g/mol. The lowest BCUT2D eigenvalue weighted by Crippen LogP contribution is -2.09. The number of aromatic nitrogens is 1. The molecule has 0 aromatic carbocycles. The molecule has 0 aliphatic heterocycles. The molecule has 0 unspecified atom stereocenters. The van der Waals surface area contributed by atoms with Gasteiger partial charge >= 0.3 is 5.97 Å². The first-order valence-electron chi connectivity index (χ1n) is 4.37. The third-order valence-corrected chi connectivity index (χ3v) is 1.66. The van der Waals surface area contributed by atoms with Gasteiger partial charge in [-0.25, -0.2) is 4.39 Å². The van der Waals surface area contributed by atoms with Gasteiger partial charge in [0.05, 0.1) is 30.5 Å². The van der Waals surface area contributed by atoms with Gasteiger partial charge in [0.1, 0.15) is 6.07 Å². The molecule has 0 N–H and O–H groups in total. The van der Waals surface area contributed by atoms with Gasteiger partial charge in [0.25, 0.3) is 0 Å². The zero-order valence-electron chi connectivity index (χ0n) is 8.16. The van der Waals surface area contributed by atoms with Gasteiger partial charge in [0.15, 0.2) is 5.82 Å². The van der Waals surface area contributed by atoms with Gasteiger partial charge in [-0.1, -0.05) is 0 Å². The van der Waals surface area contributed by atoms with Crippen LogP contribution in [0.1, 0.15) is 18.2 Å². The number of carbonyl (C=O) groups excluding carboxylic acids is 1. The summed E-state index contributed by atoms with van der Waals surface area (Å²) in [5.41, 5.74) is 0.204. The molecule has 0 saturated carbocycles. The van der Waals surface area contributed by atoms with Crippen molar-refractivity contribution in [2.24, 2.45) is 0 Å². The second kappa shape index (κ2) is 5.05. The number of hydrogen-bond donors (Lipinski definition) is 0. The SMILES string of the molecule is CCOC(=O)Cc1cc(C#N)c(F)cn1. The smallest absolute Gasteiger partial charge is 0.311 e. The Morgan fingerprint density at radius 2 is 2.47 bits per heavy atom. The molecule has 1 rings (SSSR count). The van der Waals surface area contributed by atoms with Crippen molar-refractivity contribution in [2.45, 2.75) is 13.3 Å². The Kier molecular flexibility index (Phi) is 3.75. The lowest BCUT2D eigenvalue weighted by Gasteiger charge is -2.01. The lowest BCUT2D eigenvalue weighted by molar-refractivity contribution is -0.142. The zero-order chi connectivity index (χ0) is 11.3. The van der Waals surface area contributed by atoms with Gasteiger partial charge in [-0.05, 0) is 13.0 Å². The van der Waals surface area contributed by atoms with Crippen LogP contribution in [0.5, 0.6) is 0 Å². The number of carbonyl (C=O) groups is 1. The van der Waals surface area contributed by atoms with Crippen LogP contribution in [0, 0.1) is 17.1 Å². The molecule has 15 heavy (non-hydrogen) atoms. The van der Waals surface area contributed by atoms with Crippen LogP contribution in [0.25, 0.3) is 0 Å². The molecule has 0 bridgehead atoms. The maximum Gasteiger partial charge on any atom is 0.311 e. The average molecular weight is 208 g/mol. The van der Waals surface area contributed by atoms with Gasteiger partial charge in [0, 0.05) is 0 Å². The van der Waals surface area contributed by atoms with E-state index in [4.69, 9.17) is 10.00 Å². The Morgan fingerprint density at radius 3 is 3.07 bits per heavy atom. The van der Waals surface area contributed by atoms with Crippen molar-refractivity contribution in [1.29, 1.82) is 5.26 Å². The second-order valence-corrected chi connectivity index (χ2v) is 2.75. The quantitative estimate of drug-likeness (QED) is 0.700. The number of ether oxygens (including phenoxy) is 1. The highest BCUT2D eigenvalue weighted by Crippen LogP contribution is 2.07. The largest absolute Gasteiger partial charge is 0.466 e. The Morgan fingerprint density at radius 1 is 1.73 bits per heavy atom. The molecule has 0 aliphatic carbocycles. The molecule has 78 valence electrons. The number of nitrogens with zero attached hydrogens (tertiary/aromatic N) is 2. The average Bonchev–Trinajstić information content (AvgIpc) is 2.21. The van der Waals surface area contributed by atoms with Crippen molar-refractivity contribution in [3.05, 3.63) is 29.3 Å². The summed E-state index contributed by atoms with van der Waals surface area (Å²) in [6.45, 7) is 1.97. The Balaban J connectivity index is 2.80. The highest BCUT2D eigenvalue weighted by molar-refractivity contribution is 5.72. The first kappa shape index (κ1) is 11.1. The summed E-state index contributed by atoms with van der Waals surface area (Å²) in [5, 5.41) is 8.55. The van der Waals surface area contributed by atoms with E-state index in [2.05, 4.69) is 4.98 Å². The van der Waals surface area contributed by atoms with Crippen molar-refractivity contribution in [2.75, 3.05) is 6.61 Å². The Labute approximate surface area is 86.3 Å². The highest BCUT2D eigenvalue weighted by Gasteiger charge is 2.08. The summed E-state index contributed by atoms with van der Waals surface area (Å²) >= 11 is 0. The lowest BCUT2D eigenvalue weighted by atomic mass is 10.2. The van der Waals surface area contributed by atoms with Crippen molar-refractivity contribution < 1.29 is 13.9 Å². The van der Waals surface area contributed by atoms with E-state index >= 15 is 0 Å². The molecule has 4 nitrogen and oxygen atoms in total. The molecule has 5 heteroatoms. The number of esters is 1. The van der Waals surface area contributed by atoms with Crippen LogP contribution in [0.3, 0.4) is 0 Å². The minimum Gasteiger partial charge on any atom is -0.466 e. The third-order valence-electron chi connectivity index (χ3n) is 1.66. The molecule has 0 spiro atoms. The molecule has 0 atom stereocenters. The summed E-state index contributed by atoms with van der Waals surface area (Å²) in [5.74, 6) is -1.13. The van der Waals surface area contributed by atoms with E-state index in [-0.39, 0.29) is 18.6 Å². The maximum absolute atomic E-state index is 12.9. The summed E-state index contributed by atoms with van der Waals surface area (Å²) in [7, 11) is 0. The van der Waals surface area contributed by atoms with Crippen LogP contribution < -0.4 is 0 Å². The predicted octanol–water partition coefficient (Wildman–Crippen LogP) is 1.20. The fourth-order valence-electron chi connectivity index (χ4n) is 1.02. The summed E-state index contributed by atoms with van der Waals surface area (Å²) in [6.07, 6.45) is 0.871. The van der Waals surface area contributed by atoms with Gasteiger partial charge in [-0.2, -0.15) is 5.26 Å². The van der Waals surface area contributed by atoms with E-state index < -0.39 is 11.8 Å². The van der Waals surface area contributed by atoms with Crippen molar-refractivity contribution >= 4 is 5.97 Å². The molecule has 1 heterocycles. The molecule has 1 aromatic heterocycles. The van der Waals surface area contributed by atoms with Crippen molar-refractivity contribution in [3.8, 4) is 6.07 Å². The standard InChI is InChI=1S/C10H9FN2O2/c1-2-15-10(14)4-8-3-7(5-12)9(11)6-13-8/h3,6H,2,4H2,1H3. The topological polar surface area (TPSA) is 63.0 Å². The minimum absolute atomic E-state index is 0.0528. The summed E-state index contributed by atoms with van der Waals surface area (Å²) < 4.78 is 17.5. The van der Waals surface area contributed by atoms with Gasteiger partial charge in [-0.15, -0.1) is 0 Å². The number of rotatable bonds is 3. The fourth-order valence-corrected chi connectivity index (χ4v) is 1.02. The molecule has 0 fully saturated rings. The van der Waals surface area contributed by atoms with Crippen LogP contribution in [0.15, 0.2) is 12.3 Å². The van der Waals surface area contributed by atoms with Crippen LogP contribution in [-0.4, -0.2) is 17.6 Å². The van der Waals surface area contributed by atoms with Gasteiger partial charge < -0.3 is 4.74 Å². The van der Waals surface area contributed by atoms with E-state index in [1.165, 1.54) is 6.07 Å². The second-order valence-electron chi connectivity index (χ2n) is 2.75.